The summed E-state index contributed by atoms with van der Waals surface area (Å²) < 4.78 is 17.1. The Labute approximate surface area is 160 Å². The van der Waals surface area contributed by atoms with Crippen LogP contribution in [0.3, 0.4) is 0 Å². The maximum absolute atomic E-state index is 6.42. The number of rotatable bonds is 8. The molecule has 1 aliphatic rings. The van der Waals surface area contributed by atoms with Crippen molar-refractivity contribution in [2.75, 3.05) is 13.2 Å². The summed E-state index contributed by atoms with van der Waals surface area (Å²) in [5.74, 6) is 2.51. The van der Waals surface area contributed by atoms with E-state index in [9.17, 15) is 0 Å². The predicted octanol–water partition coefficient (Wildman–Crippen LogP) is 4.46. The lowest BCUT2D eigenvalue weighted by Crippen LogP contribution is -2.34. The molecule has 1 saturated carbocycles. The molecule has 0 amide bonds. The zero-order valence-corrected chi connectivity index (χ0v) is 16.3. The molecule has 2 aromatic rings. The van der Waals surface area contributed by atoms with Crippen molar-refractivity contribution < 1.29 is 14.0 Å². The normalized spacial score (nSPS) is 15.5. The molecule has 0 saturated heterocycles. The number of hydrogen-bond acceptors (Lipinski definition) is 6. The Balaban J connectivity index is 0.00000243. The third-order valence-electron chi connectivity index (χ3n) is 4.48. The lowest BCUT2D eigenvalue weighted by atomic mass is 9.99. The van der Waals surface area contributed by atoms with Crippen molar-refractivity contribution >= 4 is 12.4 Å². The molecule has 7 heteroatoms. The lowest BCUT2D eigenvalue weighted by Gasteiger charge is -2.17. The van der Waals surface area contributed by atoms with E-state index in [1.54, 1.807) is 0 Å². The fourth-order valence-electron chi connectivity index (χ4n) is 3.07. The number of nitrogens with two attached hydrogens (primary N) is 1. The van der Waals surface area contributed by atoms with Crippen LogP contribution in [0.2, 0.25) is 0 Å². The van der Waals surface area contributed by atoms with Crippen LogP contribution in [0.5, 0.6) is 11.5 Å². The molecular weight excluding hydrogens is 354 g/mol. The lowest BCUT2D eigenvalue weighted by molar-refractivity contribution is 0.268. The van der Waals surface area contributed by atoms with Crippen molar-refractivity contribution in [2.45, 2.75) is 57.9 Å². The predicted molar refractivity (Wildman–Crippen MR) is 103 cm³/mol. The summed E-state index contributed by atoms with van der Waals surface area (Å²) in [6, 6.07) is 5.71. The molecule has 0 radical (unpaired) electrons. The van der Waals surface area contributed by atoms with Crippen LogP contribution in [-0.4, -0.2) is 23.4 Å². The van der Waals surface area contributed by atoms with E-state index in [1.807, 2.05) is 18.2 Å². The highest BCUT2D eigenvalue weighted by Gasteiger charge is 2.36. The molecule has 0 aliphatic heterocycles. The Morgan fingerprint density at radius 1 is 1.08 bits per heavy atom. The van der Waals surface area contributed by atoms with Crippen molar-refractivity contribution in [1.82, 2.24) is 10.1 Å². The first-order chi connectivity index (χ1) is 12.2. The van der Waals surface area contributed by atoms with Crippen LogP contribution in [0, 0.1) is 0 Å². The van der Waals surface area contributed by atoms with E-state index in [0.717, 1.165) is 49.8 Å². The van der Waals surface area contributed by atoms with Crippen LogP contribution < -0.4 is 15.2 Å². The number of halogens is 1. The largest absolute Gasteiger partial charge is 0.490 e. The van der Waals surface area contributed by atoms with Gasteiger partial charge in [-0.15, -0.1) is 12.4 Å². The van der Waals surface area contributed by atoms with Crippen molar-refractivity contribution in [2.24, 2.45) is 5.73 Å². The molecule has 1 aliphatic carbocycles. The molecule has 6 nitrogen and oxygen atoms in total. The van der Waals surface area contributed by atoms with E-state index in [-0.39, 0.29) is 12.4 Å². The summed E-state index contributed by atoms with van der Waals surface area (Å²) in [4.78, 5) is 4.55. The third-order valence-corrected chi connectivity index (χ3v) is 4.48. The van der Waals surface area contributed by atoms with Crippen LogP contribution in [0.15, 0.2) is 22.7 Å². The van der Waals surface area contributed by atoms with Gasteiger partial charge in [-0.3, -0.25) is 0 Å². The van der Waals surface area contributed by atoms with Crippen molar-refractivity contribution in [3.05, 3.63) is 24.0 Å². The summed E-state index contributed by atoms with van der Waals surface area (Å²) in [5.41, 5.74) is 6.78. The first-order valence-electron chi connectivity index (χ1n) is 9.19. The van der Waals surface area contributed by atoms with Crippen molar-refractivity contribution in [1.29, 1.82) is 0 Å². The topological polar surface area (TPSA) is 83.4 Å². The van der Waals surface area contributed by atoms with Crippen LogP contribution in [0.4, 0.5) is 0 Å². The zero-order chi connectivity index (χ0) is 17.7. The Kier molecular flexibility index (Phi) is 7.29. The van der Waals surface area contributed by atoms with E-state index >= 15 is 0 Å². The van der Waals surface area contributed by atoms with Gasteiger partial charge in [-0.25, -0.2) is 0 Å². The van der Waals surface area contributed by atoms with Crippen LogP contribution >= 0.6 is 12.4 Å². The van der Waals surface area contributed by atoms with E-state index in [4.69, 9.17) is 19.7 Å². The summed E-state index contributed by atoms with van der Waals surface area (Å²) in [6.07, 6.45) is 5.90. The number of aromatic nitrogens is 2. The van der Waals surface area contributed by atoms with Crippen LogP contribution in [0.1, 0.15) is 58.2 Å². The minimum atomic E-state index is -0.451. The van der Waals surface area contributed by atoms with Gasteiger partial charge in [0.15, 0.2) is 17.3 Å². The van der Waals surface area contributed by atoms with E-state index in [0.29, 0.717) is 30.7 Å². The number of benzene rings is 1. The summed E-state index contributed by atoms with van der Waals surface area (Å²) in [5, 5.41) is 4.13. The van der Waals surface area contributed by atoms with E-state index < -0.39 is 5.54 Å². The Morgan fingerprint density at radius 3 is 2.38 bits per heavy atom. The molecule has 1 aromatic heterocycles. The monoisotopic (exact) mass is 381 g/mol. The Bertz CT molecular complexity index is 699. The first kappa shape index (κ1) is 20.5. The first-order valence-corrected chi connectivity index (χ1v) is 9.19. The molecule has 2 N–H and O–H groups in total. The quantitative estimate of drug-likeness (QED) is 0.726. The van der Waals surface area contributed by atoms with Gasteiger partial charge in [0.1, 0.15) is 0 Å². The van der Waals surface area contributed by atoms with Gasteiger partial charge in [0, 0.05) is 5.56 Å². The molecule has 1 fully saturated rings. The highest BCUT2D eigenvalue weighted by molar-refractivity contribution is 5.85. The fraction of sp³-hybridized carbons (Fsp3) is 0.579. The zero-order valence-electron chi connectivity index (χ0n) is 15.5. The average molecular weight is 382 g/mol. The van der Waals surface area contributed by atoms with Gasteiger partial charge >= 0.3 is 0 Å². The maximum atomic E-state index is 6.42. The molecule has 1 aromatic carbocycles. The van der Waals surface area contributed by atoms with Gasteiger partial charge in [-0.05, 0) is 43.9 Å². The summed E-state index contributed by atoms with van der Waals surface area (Å²) >= 11 is 0. The van der Waals surface area contributed by atoms with Gasteiger partial charge in [-0.2, -0.15) is 4.98 Å². The second kappa shape index (κ2) is 9.24. The van der Waals surface area contributed by atoms with Crippen LogP contribution in [-0.2, 0) is 5.54 Å². The summed E-state index contributed by atoms with van der Waals surface area (Å²) in [7, 11) is 0. The molecular formula is C19H28ClN3O3. The highest BCUT2D eigenvalue weighted by atomic mass is 35.5. The molecule has 144 valence electrons. The van der Waals surface area contributed by atoms with Gasteiger partial charge in [-0.1, -0.05) is 31.8 Å². The Hall–Kier alpha value is -1.79. The van der Waals surface area contributed by atoms with Gasteiger partial charge in [0.05, 0.1) is 18.8 Å². The molecule has 0 bridgehead atoms. The standard InChI is InChI=1S/C19H27N3O3.ClH/c1-3-11-23-15-8-7-14(13-16(15)24-12-4-2)17-21-18(22-25-17)19(20)9-5-6-10-19;/h7-8,13H,3-6,9-12,20H2,1-2H3;1H. The van der Waals surface area contributed by atoms with Crippen molar-refractivity contribution in [3.8, 4) is 23.0 Å². The number of ether oxygens (including phenoxy) is 2. The van der Waals surface area contributed by atoms with Gasteiger partial charge < -0.3 is 19.7 Å². The fourth-order valence-corrected chi connectivity index (χ4v) is 3.07. The average Bonchev–Trinajstić information content (AvgIpc) is 3.28. The molecule has 1 heterocycles. The third kappa shape index (κ3) is 4.48. The molecule has 0 spiro atoms. The molecule has 0 unspecified atom stereocenters. The van der Waals surface area contributed by atoms with Crippen molar-refractivity contribution in [3.63, 3.8) is 0 Å². The second-order valence-corrected chi connectivity index (χ2v) is 6.64. The smallest absolute Gasteiger partial charge is 0.258 e. The number of hydrogen-bond donors (Lipinski definition) is 1. The highest BCUT2D eigenvalue weighted by Crippen LogP contribution is 2.37. The van der Waals surface area contributed by atoms with Crippen LogP contribution in [0.25, 0.3) is 11.5 Å². The SMILES string of the molecule is CCCOc1ccc(-c2nc(C3(N)CCCC3)no2)cc1OCCC.Cl. The number of nitrogens with zero attached hydrogens (tertiary/aromatic N) is 2. The molecule has 26 heavy (non-hydrogen) atoms. The van der Waals surface area contributed by atoms with E-state index in [1.165, 1.54) is 0 Å². The summed E-state index contributed by atoms with van der Waals surface area (Å²) in [6.45, 7) is 5.44. The minimum Gasteiger partial charge on any atom is -0.490 e. The van der Waals surface area contributed by atoms with Gasteiger partial charge in [0.25, 0.3) is 5.89 Å². The molecule has 3 rings (SSSR count). The van der Waals surface area contributed by atoms with Gasteiger partial charge in [0.2, 0.25) is 0 Å². The minimum absolute atomic E-state index is 0. The Morgan fingerprint density at radius 2 is 1.73 bits per heavy atom. The molecule has 0 atom stereocenters. The second-order valence-electron chi connectivity index (χ2n) is 6.64. The van der Waals surface area contributed by atoms with E-state index in [2.05, 4.69) is 24.0 Å². The maximum Gasteiger partial charge on any atom is 0.258 e.